The number of aryl methyl sites for hydroxylation is 1. The van der Waals surface area contributed by atoms with Crippen LogP contribution in [0.3, 0.4) is 0 Å². The monoisotopic (exact) mass is 193 g/mol. The number of carbonyl (C=O) groups is 1. The van der Waals surface area contributed by atoms with Crippen molar-refractivity contribution in [3.63, 3.8) is 0 Å². The molecule has 4 heteroatoms. The predicted molar refractivity (Wildman–Crippen MR) is 53.8 cm³/mol. The molecule has 0 saturated carbocycles. The molecule has 1 aromatic heterocycles. The van der Waals surface area contributed by atoms with Crippen molar-refractivity contribution >= 4 is 5.78 Å². The molecule has 0 aliphatic carbocycles. The number of hydrogen-bond donors (Lipinski definition) is 0. The van der Waals surface area contributed by atoms with Gasteiger partial charge in [-0.1, -0.05) is 5.57 Å². The van der Waals surface area contributed by atoms with Crippen molar-refractivity contribution in [2.75, 3.05) is 0 Å². The van der Waals surface area contributed by atoms with E-state index in [1.165, 1.54) is 6.33 Å². The largest absolute Gasteiger partial charge is 0.294 e. The van der Waals surface area contributed by atoms with Crippen molar-refractivity contribution in [1.29, 1.82) is 0 Å². The maximum absolute atomic E-state index is 11.4. The number of hydrogen-bond acceptors (Lipinski definition) is 3. The molecule has 1 heterocycles. The van der Waals surface area contributed by atoms with E-state index in [4.69, 9.17) is 0 Å². The van der Waals surface area contributed by atoms with E-state index >= 15 is 0 Å². The highest BCUT2D eigenvalue weighted by molar-refractivity contribution is 5.91. The van der Waals surface area contributed by atoms with Crippen LogP contribution in [0.25, 0.3) is 0 Å². The highest BCUT2D eigenvalue weighted by Gasteiger charge is 2.06. The highest BCUT2D eigenvalue weighted by Crippen LogP contribution is 1.99. The van der Waals surface area contributed by atoms with Crippen LogP contribution in [0.15, 0.2) is 18.0 Å². The second-order valence-electron chi connectivity index (χ2n) is 3.36. The third-order valence-electron chi connectivity index (χ3n) is 1.78. The highest BCUT2D eigenvalue weighted by atomic mass is 16.1. The van der Waals surface area contributed by atoms with Gasteiger partial charge in [0.1, 0.15) is 12.2 Å². The smallest absolute Gasteiger partial charge is 0.163 e. The fourth-order valence-electron chi connectivity index (χ4n) is 1.22. The van der Waals surface area contributed by atoms with E-state index < -0.39 is 0 Å². The van der Waals surface area contributed by atoms with Crippen molar-refractivity contribution in [3.8, 4) is 0 Å². The molecule has 4 nitrogen and oxygen atoms in total. The maximum atomic E-state index is 11.4. The molecule has 1 rings (SSSR count). The van der Waals surface area contributed by atoms with Crippen molar-refractivity contribution in [2.45, 2.75) is 33.7 Å². The molecule has 0 aliphatic rings. The molecule has 1 aromatic rings. The maximum Gasteiger partial charge on any atom is 0.163 e. The zero-order chi connectivity index (χ0) is 10.6. The van der Waals surface area contributed by atoms with Gasteiger partial charge in [-0.25, -0.2) is 9.67 Å². The zero-order valence-electron chi connectivity index (χ0n) is 8.82. The molecule has 76 valence electrons. The normalized spacial score (nSPS) is 9.93. The van der Waals surface area contributed by atoms with Crippen LogP contribution in [0, 0.1) is 0 Å². The number of carbonyl (C=O) groups excluding carboxylic acids is 1. The molecule has 0 saturated heterocycles. The van der Waals surface area contributed by atoms with E-state index in [2.05, 4.69) is 10.1 Å². The summed E-state index contributed by atoms with van der Waals surface area (Å²) in [7, 11) is 0. The van der Waals surface area contributed by atoms with Gasteiger partial charge < -0.3 is 0 Å². The van der Waals surface area contributed by atoms with Crippen LogP contribution in [0.5, 0.6) is 0 Å². The van der Waals surface area contributed by atoms with Gasteiger partial charge in [-0.2, -0.15) is 5.10 Å². The Bertz CT molecular complexity index is 348. The third kappa shape index (κ3) is 2.80. The number of aromatic nitrogens is 3. The van der Waals surface area contributed by atoms with Crippen LogP contribution in [0.2, 0.25) is 0 Å². The van der Waals surface area contributed by atoms with Crippen molar-refractivity contribution < 1.29 is 4.79 Å². The molecular weight excluding hydrogens is 178 g/mol. The van der Waals surface area contributed by atoms with Gasteiger partial charge >= 0.3 is 0 Å². The lowest BCUT2D eigenvalue weighted by atomic mass is 10.2. The molecule has 0 aromatic carbocycles. The summed E-state index contributed by atoms with van der Waals surface area (Å²) in [5.74, 6) is 0.808. The standard InChI is InChI=1S/C10H15N3O/c1-4-13-10(11-7-12-13)6-9(14)5-8(2)3/h5,7H,4,6H2,1-3H3. The molecular formula is C10H15N3O. The lowest BCUT2D eigenvalue weighted by molar-refractivity contribution is -0.114. The average molecular weight is 193 g/mol. The van der Waals surface area contributed by atoms with E-state index in [9.17, 15) is 4.79 Å². The Hall–Kier alpha value is -1.45. The number of rotatable bonds is 4. The molecule has 0 amide bonds. The number of allylic oxidation sites excluding steroid dienone is 2. The minimum Gasteiger partial charge on any atom is -0.294 e. The Balaban J connectivity index is 2.69. The van der Waals surface area contributed by atoms with Crippen LogP contribution in [-0.2, 0) is 17.8 Å². The fourth-order valence-corrected chi connectivity index (χ4v) is 1.22. The number of ketones is 1. The van der Waals surface area contributed by atoms with Gasteiger partial charge in [0.15, 0.2) is 5.78 Å². The van der Waals surface area contributed by atoms with E-state index in [0.717, 1.165) is 17.9 Å². The first-order valence-corrected chi connectivity index (χ1v) is 4.68. The van der Waals surface area contributed by atoms with E-state index in [0.29, 0.717) is 6.42 Å². The van der Waals surface area contributed by atoms with Gasteiger partial charge in [0.05, 0.1) is 6.42 Å². The van der Waals surface area contributed by atoms with Gasteiger partial charge in [-0.15, -0.1) is 0 Å². The summed E-state index contributed by atoms with van der Waals surface area (Å²) in [6.07, 6.45) is 3.45. The van der Waals surface area contributed by atoms with Crippen LogP contribution in [0.4, 0.5) is 0 Å². The zero-order valence-corrected chi connectivity index (χ0v) is 8.82. The summed E-state index contributed by atoms with van der Waals surface area (Å²) >= 11 is 0. The Labute approximate surface area is 83.6 Å². The van der Waals surface area contributed by atoms with Crippen LogP contribution >= 0.6 is 0 Å². The molecule has 0 fully saturated rings. The summed E-state index contributed by atoms with van der Waals surface area (Å²) in [5.41, 5.74) is 1.01. The van der Waals surface area contributed by atoms with Gasteiger partial charge in [0, 0.05) is 6.54 Å². The topological polar surface area (TPSA) is 47.8 Å². The lowest BCUT2D eigenvalue weighted by Gasteiger charge is -1.99. The summed E-state index contributed by atoms with van der Waals surface area (Å²) in [5, 5.41) is 4.00. The molecule has 0 N–H and O–H groups in total. The molecule has 0 unspecified atom stereocenters. The van der Waals surface area contributed by atoms with Crippen LogP contribution < -0.4 is 0 Å². The minimum absolute atomic E-state index is 0.0766. The van der Waals surface area contributed by atoms with Crippen molar-refractivity contribution in [1.82, 2.24) is 14.8 Å². The average Bonchev–Trinajstić information content (AvgIpc) is 2.50. The summed E-state index contributed by atoms with van der Waals surface area (Å²) in [6, 6.07) is 0. The fraction of sp³-hybridized carbons (Fsp3) is 0.500. The molecule has 0 aliphatic heterocycles. The van der Waals surface area contributed by atoms with Gasteiger partial charge in [-0.05, 0) is 26.8 Å². The van der Waals surface area contributed by atoms with Crippen LogP contribution in [-0.4, -0.2) is 20.5 Å². The second kappa shape index (κ2) is 4.69. The van der Waals surface area contributed by atoms with Crippen molar-refractivity contribution in [3.05, 3.63) is 23.8 Å². The first-order chi connectivity index (χ1) is 6.63. The van der Waals surface area contributed by atoms with Crippen LogP contribution in [0.1, 0.15) is 26.6 Å². The third-order valence-corrected chi connectivity index (χ3v) is 1.78. The quantitative estimate of drug-likeness (QED) is 0.679. The van der Waals surface area contributed by atoms with Gasteiger partial charge in [-0.3, -0.25) is 4.79 Å². The molecule has 0 bridgehead atoms. The Morgan fingerprint density at radius 3 is 2.86 bits per heavy atom. The van der Waals surface area contributed by atoms with Gasteiger partial charge in [0.2, 0.25) is 0 Å². The SMILES string of the molecule is CCn1ncnc1CC(=O)C=C(C)C. The molecule has 0 atom stereocenters. The lowest BCUT2D eigenvalue weighted by Crippen LogP contribution is -2.08. The first kappa shape index (κ1) is 10.6. The predicted octanol–water partition coefficient (Wildman–Crippen LogP) is 1.38. The summed E-state index contributed by atoms with van der Waals surface area (Å²) in [4.78, 5) is 15.5. The van der Waals surface area contributed by atoms with Crippen molar-refractivity contribution in [2.24, 2.45) is 0 Å². The number of nitrogens with zero attached hydrogens (tertiary/aromatic N) is 3. The summed E-state index contributed by atoms with van der Waals surface area (Å²) < 4.78 is 1.73. The van der Waals surface area contributed by atoms with E-state index in [1.807, 2.05) is 20.8 Å². The Kier molecular flexibility index (Phi) is 3.56. The van der Waals surface area contributed by atoms with Gasteiger partial charge in [0.25, 0.3) is 0 Å². The summed E-state index contributed by atoms with van der Waals surface area (Å²) in [6.45, 7) is 6.53. The first-order valence-electron chi connectivity index (χ1n) is 4.68. The van der Waals surface area contributed by atoms with E-state index in [-0.39, 0.29) is 5.78 Å². The molecule has 0 spiro atoms. The second-order valence-corrected chi connectivity index (χ2v) is 3.36. The van der Waals surface area contributed by atoms with E-state index in [1.54, 1.807) is 10.8 Å². The Morgan fingerprint density at radius 1 is 1.57 bits per heavy atom. The molecule has 14 heavy (non-hydrogen) atoms. The minimum atomic E-state index is 0.0766. The Morgan fingerprint density at radius 2 is 2.29 bits per heavy atom. The molecule has 0 radical (unpaired) electrons.